The summed E-state index contributed by atoms with van der Waals surface area (Å²) in [5, 5.41) is 2.28. The number of hydrogen-bond acceptors (Lipinski definition) is 3. The van der Waals surface area contributed by atoms with Gasteiger partial charge in [-0.15, -0.1) is 0 Å². The van der Waals surface area contributed by atoms with Gasteiger partial charge in [0.1, 0.15) is 0 Å². The van der Waals surface area contributed by atoms with E-state index in [1.807, 2.05) is 25.1 Å². The number of benzene rings is 1. The summed E-state index contributed by atoms with van der Waals surface area (Å²) in [7, 11) is 0. The summed E-state index contributed by atoms with van der Waals surface area (Å²) in [6, 6.07) is 5.84. The second kappa shape index (κ2) is 4.25. The van der Waals surface area contributed by atoms with E-state index >= 15 is 0 Å². The summed E-state index contributed by atoms with van der Waals surface area (Å²) < 4.78 is 0.945. The van der Waals surface area contributed by atoms with Crippen molar-refractivity contribution in [2.75, 3.05) is 18.0 Å². The number of imide groups is 1. The van der Waals surface area contributed by atoms with Crippen LogP contribution in [0.15, 0.2) is 22.7 Å². The fraction of sp³-hybridized carbons (Fsp3) is 0.273. The van der Waals surface area contributed by atoms with Gasteiger partial charge >= 0.3 is 0 Å². The van der Waals surface area contributed by atoms with Crippen LogP contribution in [0.4, 0.5) is 5.69 Å². The van der Waals surface area contributed by atoms with Crippen molar-refractivity contribution >= 4 is 33.4 Å². The lowest BCUT2D eigenvalue weighted by Gasteiger charge is -2.27. The molecule has 1 aliphatic rings. The summed E-state index contributed by atoms with van der Waals surface area (Å²) in [6.45, 7) is 2.42. The van der Waals surface area contributed by atoms with Gasteiger partial charge in [0.15, 0.2) is 0 Å². The maximum atomic E-state index is 11.2. The molecule has 1 heterocycles. The van der Waals surface area contributed by atoms with Crippen LogP contribution in [0, 0.1) is 6.92 Å². The average Bonchev–Trinajstić information content (AvgIpc) is 2.14. The van der Waals surface area contributed by atoms with Gasteiger partial charge in [0.2, 0.25) is 11.8 Å². The number of amides is 2. The van der Waals surface area contributed by atoms with E-state index in [9.17, 15) is 9.59 Å². The predicted octanol–water partition coefficient (Wildman–Crippen LogP) is 1.22. The molecule has 16 heavy (non-hydrogen) atoms. The molecule has 1 saturated heterocycles. The van der Waals surface area contributed by atoms with E-state index in [4.69, 9.17) is 0 Å². The Hall–Kier alpha value is -1.36. The standard InChI is InChI=1S/C11H11BrN2O2/c1-7-2-8(12)4-9(3-7)14-5-10(15)13-11(16)6-14/h2-4H,5-6H2,1H3,(H,13,15,16). The fourth-order valence-electron chi connectivity index (χ4n) is 1.72. The van der Waals surface area contributed by atoms with Crippen molar-refractivity contribution in [2.45, 2.75) is 6.92 Å². The summed E-state index contributed by atoms with van der Waals surface area (Å²) >= 11 is 3.40. The largest absolute Gasteiger partial charge is 0.353 e. The number of hydrogen-bond donors (Lipinski definition) is 1. The molecule has 0 radical (unpaired) electrons. The number of halogens is 1. The number of rotatable bonds is 1. The smallest absolute Gasteiger partial charge is 0.246 e. The van der Waals surface area contributed by atoms with Crippen LogP contribution in [-0.2, 0) is 9.59 Å². The number of piperazine rings is 1. The van der Waals surface area contributed by atoms with Crippen molar-refractivity contribution in [2.24, 2.45) is 0 Å². The third-order valence-electron chi connectivity index (χ3n) is 2.34. The van der Waals surface area contributed by atoms with Crippen molar-refractivity contribution in [1.29, 1.82) is 0 Å². The molecule has 0 saturated carbocycles. The molecule has 0 unspecified atom stereocenters. The van der Waals surface area contributed by atoms with Gasteiger partial charge in [-0.2, -0.15) is 0 Å². The minimum Gasteiger partial charge on any atom is -0.353 e. The highest BCUT2D eigenvalue weighted by Gasteiger charge is 2.22. The zero-order valence-corrected chi connectivity index (χ0v) is 10.4. The lowest BCUT2D eigenvalue weighted by atomic mass is 10.2. The molecule has 0 spiro atoms. The third kappa shape index (κ3) is 2.41. The molecule has 0 aliphatic carbocycles. The Bertz CT molecular complexity index is 423. The topological polar surface area (TPSA) is 49.4 Å². The van der Waals surface area contributed by atoms with Crippen LogP contribution in [0.2, 0.25) is 0 Å². The summed E-state index contributed by atoms with van der Waals surface area (Å²) in [6.07, 6.45) is 0. The first-order chi connectivity index (χ1) is 7.54. The van der Waals surface area contributed by atoms with Crippen molar-refractivity contribution in [3.63, 3.8) is 0 Å². The van der Waals surface area contributed by atoms with Crippen LogP contribution >= 0.6 is 15.9 Å². The SMILES string of the molecule is Cc1cc(Br)cc(N2CC(=O)NC(=O)C2)c1. The Balaban J connectivity index is 2.29. The maximum absolute atomic E-state index is 11.2. The molecule has 0 atom stereocenters. The second-order valence-corrected chi connectivity index (χ2v) is 4.73. The molecule has 4 nitrogen and oxygen atoms in total. The molecule has 2 rings (SSSR count). The van der Waals surface area contributed by atoms with E-state index in [0.717, 1.165) is 15.7 Å². The molecule has 1 aromatic carbocycles. The quantitative estimate of drug-likeness (QED) is 0.788. The van der Waals surface area contributed by atoms with E-state index < -0.39 is 0 Å². The van der Waals surface area contributed by atoms with Gasteiger partial charge in [-0.25, -0.2) is 0 Å². The minimum atomic E-state index is -0.256. The van der Waals surface area contributed by atoms with E-state index in [-0.39, 0.29) is 24.9 Å². The molecule has 1 aromatic rings. The Kier molecular flexibility index (Phi) is 2.96. The first kappa shape index (κ1) is 11.1. The number of carbonyl (C=O) groups excluding carboxylic acids is 2. The molecule has 0 aromatic heterocycles. The number of nitrogens with zero attached hydrogens (tertiary/aromatic N) is 1. The van der Waals surface area contributed by atoms with Crippen LogP contribution < -0.4 is 10.2 Å². The highest BCUT2D eigenvalue weighted by molar-refractivity contribution is 9.10. The van der Waals surface area contributed by atoms with Gasteiger partial charge in [0.25, 0.3) is 0 Å². The highest BCUT2D eigenvalue weighted by atomic mass is 79.9. The van der Waals surface area contributed by atoms with Crippen molar-refractivity contribution in [3.05, 3.63) is 28.2 Å². The zero-order chi connectivity index (χ0) is 11.7. The Morgan fingerprint density at radius 1 is 1.19 bits per heavy atom. The maximum Gasteiger partial charge on any atom is 0.246 e. The van der Waals surface area contributed by atoms with Crippen molar-refractivity contribution < 1.29 is 9.59 Å². The molecular weight excluding hydrogens is 272 g/mol. The van der Waals surface area contributed by atoms with Gasteiger partial charge in [0, 0.05) is 10.2 Å². The predicted molar refractivity (Wildman–Crippen MR) is 64.2 cm³/mol. The molecular formula is C11H11BrN2O2. The van der Waals surface area contributed by atoms with Crippen LogP contribution in [-0.4, -0.2) is 24.9 Å². The molecule has 5 heteroatoms. The molecule has 1 fully saturated rings. The summed E-state index contributed by atoms with van der Waals surface area (Å²) in [4.78, 5) is 24.2. The van der Waals surface area contributed by atoms with E-state index in [2.05, 4.69) is 21.2 Å². The number of anilines is 1. The van der Waals surface area contributed by atoms with Gasteiger partial charge in [-0.3, -0.25) is 14.9 Å². The zero-order valence-electron chi connectivity index (χ0n) is 8.79. The average molecular weight is 283 g/mol. The molecule has 2 amide bonds. The second-order valence-electron chi connectivity index (χ2n) is 3.81. The first-order valence-electron chi connectivity index (χ1n) is 4.89. The van der Waals surface area contributed by atoms with Gasteiger partial charge in [0.05, 0.1) is 13.1 Å². The third-order valence-corrected chi connectivity index (χ3v) is 2.80. The summed E-state index contributed by atoms with van der Waals surface area (Å²) in [5.41, 5.74) is 1.97. The van der Waals surface area contributed by atoms with Crippen molar-refractivity contribution in [1.82, 2.24) is 5.32 Å². The highest BCUT2D eigenvalue weighted by Crippen LogP contribution is 2.23. The number of aryl methyl sites for hydroxylation is 1. The van der Waals surface area contributed by atoms with E-state index in [1.54, 1.807) is 4.90 Å². The van der Waals surface area contributed by atoms with Crippen molar-refractivity contribution in [3.8, 4) is 0 Å². The minimum absolute atomic E-state index is 0.224. The summed E-state index contributed by atoms with van der Waals surface area (Å²) in [5.74, 6) is -0.511. The van der Waals surface area contributed by atoms with Crippen LogP contribution in [0.1, 0.15) is 5.56 Å². The molecule has 1 N–H and O–H groups in total. The van der Waals surface area contributed by atoms with Gasteiger partial charge < -0.3 is 4.90 Å². The van der Waals surface area contributed by atoms with E-state index in [1.165, 1.54) is 0 Å². The fourth-order valence-corrected chi connectivity index (χ4v) is 2.31. The lowest BCUT2D eigenvalue weighted by Crippen LogP contribution is -2.51. The van der Waals surface area contributed by atoms with Gasteiger partial charge in [-0.1, -0.05) is 15.9 Å². The Labute approximate surface area is 102 Å². The molecule has 1 aliphatic heterocycles. The number of carbonyl (C=O) groups is 2. The molecule has 84 valence electrons. The number of nitrogens with one attached hydrogen (secondary N) is 1. The van der Waals surface area contributed by atoms with E-state index in [0.29, 0.717) is 0 Å². The Morgan fingerprint density at radius 2 is 1.81 bits per heavy atom. The lowest BCUT2D eigenvalue weighted by molar-refractivity contribution is -0.130. The van der Waals surface area contributed by atoms with Crippen LogP contribution in [0.5, 0.6) is 0 Å². The van der Waals surface area contributed by atoms with Gasteiger partial charge in [-0.05, 0) is 30.7 Å². The normalized spacial score (nSPS) is 16.2. The van der Waals surface area contributed by atoms with Crippen LogP contribution in [0.25, 0.3) is 0 Å². The first-order valence-corrected chi connectivity index (χ1v) is 5.69. The Morgan fingerprint density at radius 3 is 2.38 bits per heavy atom. The molecule has 0 bridgehead atoms. The van der Waals surface area contributed by atoms with Crippen LogP contribution in [0.3, 0.4) is 0 Å². The monoisotopic (exact) mass is 282 g/mol.